The maximum absolute atomic E-state index is 10.5. The van der Waals surface area contributed by atoms with E-state index in [0.29, 0.717) is 24.7 Å². The summed E-state index contributed by atoms with van der Waals surface area (Å²) in [5.74, 6) is 6.71. The topological polar surface area (TPSA) is 153 Å². The summed E-state index contributed by atoms with van der Waals surface area (Å²) in [7, 11) is -2.44. The minimum absolute atomic E-state index is 0.0666. The average Bonchev–Trinajstić information content (AvgIpc) is 2.62. The molecule has 6 N–H and O–H groups in total. The van der Waals surface area contributed by atoms with Crippen molar-refractivity contribution in [2.24, 2.45) is 16.7 Å². The third kappa shape index (κ3) is 7.81. The van der Waals surface area contributed by atoms with Gasteiger partial charge in [-0.15, -0.1) is 0 Å². The second-order valence-electron chi connectivity index (χ2n) is 5.15. The fourth-order valence-corrected chi connectivity index (χ4v) is 2.20. The number of hydrogen-bond acceptors (Lipinski definition) is 7. The second-order valence-corrected chi connectivity index (χ2v) is 6.57. The van der Waals surface area contributed by atoms with E-state index in [9.17, 15) is 8.42 Å². The van der Waals surface area contributed by atoms with Crippen LogP contribution in [0, 0.1) is 6.92 Å². The maximum Gasteiger partial charge on any atom is 0.294 e. The quantitative estimate of drug-likeness (QED) is 0.192. The smallest absolute Gasteiger partial charge is 0.294 e. The van der Waals surface area contributed by atoms with Crippen molar-refractivity contribution < 1.29 is 17.7 Å². The van der Waals surface area contributed by atoms with Crippen molar-refractivity contribution in [3.63, 3.8) is 0 Å². The maximum atomic E-state index is 10.5. The lowest BCUT2D eigenvalue weighted by atomic mass is 10.2. The van der Waals surface area contributed by atoms with Crippen molar-refractivity contribution in [1.29, 1.82) is 0 Å². The highest BCUT2D eigenvalue weighted by Gasteiger charge is 2.06. The van der Waals surface area contributed by atoms with E-state index in [1.807, 2.05) is 19.1 Å². The molecule has 0 bridgehead atoms. The number of aryl methyl sites for hydroxylation is 1. The summed E-state index contributed by atoms with van der Waals surface area (Å²) in [4.78, 5) is 4.10. The number of nitrogens with zero attached hydrogens (tertiary/aromatic N) is 2. The first-order valence-corrected chi connectivity index (χ1v) is 9.01. The largest absolute Gasteiger partial charge is 0.481 e. The number of amidine groups is 1. The van der Waals surface area contributed by atoms with Crippen LogP contribution >= 0.6 is 0 Å². The van der Waals surface area contributed by atoms with E-state index < -0.39 is 10.1 Å². The summed E-state index contributed by atoms with van der Waals surface area (Å²) in [6.45, 7) is 2.47. The van der Waals surface area contributed by atoms with Gasteiger partial charge in [-0.1, -0.05) is 23.8 Å². The molecular formula is C16H23N5O4S. The number of hydrazone groups is 1. The van der Waals surface area contributed by atoms with Gasteiger partial charge in [-0.2, -0.15) is 18.5 Å². The molecule has 142 valence electrons. The molecule has 0 amide bonds. The van der Waals surface area contributed by atoms with Crippen LogP contribution in [0.3, 0.4) is 0 Å². The predicted octanol–water partition coefficient (Wildman–Crippen LogP) is 1.36. The van der Waals surface area contributed by atoms with Gasteiger partial charge in [-0.05, 0) is 25.1 Å². The molecule has 0 aliphatic heterocycles. The minimum Gasteiger partial charge on any atom is -0.481 e. The van der Waals surface area contributed by atoms with Gasteiger partial charge in [0.15, 0.2) is 0 Å². The third-order valence-corrected chi connectivity index (χ3v) is 3.97. The van der Waals surface area contributed by atoms with Gasteiger partial charge >= 0.3 is 0 Å². The Morgan fingerprint density at radius 2 is 1.92 bits per heavy atom. The Morgan fingerprint density at radius 1 is 1.27 bits per heavy atom. The van der Waals surface area contributed by atoms with Crippen molar-refractivity contribution >= 4 is 21.8 Å². The second kappa shape index (κ2) is 10.2. The molecule has 0 aliphatic rings. The highest BCUT2D eigenvalue weighted by Crippen LogP contribution is 2.10. The van der Waals surface area contributed by atoms with Crippen molar-refractivity contribution in [1.82, 2.24) is 4.98 Å². The lowest BCUT2D eigenvalue weighted by Crippen LogP contribution is -2.18. The van der Waals surface area contributed by atoms with Crippen LogP contribution in [0.15, 0.2) is 52.5 Å². The van der Waals surface area contributed by atoms with E-state index >= 15 is 0 Å². The Morgan fingerprint density at radius 3 is 2.46 bits per heavy atom. The number of pyridine rings is 1. The van der Waals surface area contributed by atoms with Gasteiger partial charge in [0, 0.05) is 19.0 Å². The van der Waals surface area contributed by atoms with Gasteiger partial charge < -0.3 is 21.6 Å². The van der Waals surface area contributed by atoms with E-state index in [2.05, 4.69) is 15.4 Å². The van der Waals surface area contributed by atoms with E-state index in [4.69, 9.17) is 20.9 Å². The molecule has 1 aromatic heterocycles. The van der Waals surface area contributed by atoms with Gasteiger partial charge in [-0.3, -0.25) is 4.55 Å². The van der Waals surface area contributed by atoms with Crippen molar-refractivity contribution in [3.05, 3.63) is 48.0 Å². The summed E-state index contributed by atoms with van der Waals surface area (Å²) in [6, 6.07) is 11.5. The fourth-order valence-electron chi connectivity index (χ4n) is 1.72. The van der Waals surface area contributed by atoms with Crippen LogP contribution in [0.4, 0.5) is 5.82 Å². The average molecular weight is 381 g/mol. The number of benzene rings is 1. The zero-order valence-electron chi connectivity index (χ0n) is 14.6. The summed E-state index contributed by atoms with van der Waals surface area (Å²) >= 11 is 0. The molecule has 0 saturated carbocycles. The fraction of sp³-hybridized carbons (Fsp3) is 0.250. The molecule has 2 aromatic rings. The molecule has 1 heterocycles. The SMILES string of the molecule is COc1cccc(NCCC(N)=NN)n1.Cc1ccc(S(=O)(=O)O)cc1. The number of aromatic nitrogens is 1. The summed E-state index contributed by atoms with van der Waals surface area (Å²) < 4.78 is 34.5. The summed E-state index contributed by atoms with van der Waals surface area (Å²) in [6.07, 6.45) is 0.579. The molecule has 0 atom stereocenters. The van der Waals surface area contributed by atoms with E-state index in [-0.39, 0.29) is 4.90 Å². The Bertz CT molecular complexity index is 823. The van der Waals surface area contributed by atoms with Crippen molar-refractivity contribution in [2.45, 2.75) is 18.2 Å². The molecule has 0 unspecified atom stereocenters. The molecule has 0 spiro atoms. The van der Waals surface area contributed by atoms with Crippen LogP contribution < -0.4 is 21.6 Å². The molecule has 0 fully saturated rings. The van der Waals surface area contributed by atoms with E-state index in [0.717, 1.165) is 11.4 Å². The van der Waals surface area contributed by atoms with Crippen LogP contribution in [0.5, 0.6) is 5.88 Å². The van der Waals surface area contributed by atoms with Crippen LogP contribution in [0.25, 0.3) is 0 Å². The number of rotatable bonds is 6. The summed E-state index contributed by atoms with van der Waals surface area (Å²) in [5.41, 5.74) is 6.39. The van der Waals surface area contributed by atoms with Crippen LogP contribution in [-0.2, 0) is 10.1 Å². The van der Waals surface area contributed by atoms with Gasteiger partial charge in [0.25, 0.3) is 10.1 Å². The molecule has 26 heavy (non-hydrogen) atoms. The zero-order valence-corrected chi connectivity index (χ0v) is 15.4. The number of methoxy groups -OCH3 is 1. The number of ether oxygens (including phenoxy) is 1. The number of nitrogens with two attached hydrogens (primary N) is 2. The zero-order chi connectivity index (χ0) is 19.6. The Hall–Kier alpha value is -2.85. The Kier molecular flexibility index (Phi) is 8.32. The molecule has 2 rings (SSSR count). The minimum atomic E-state index is -4.02. The Labute approximate surface area is 152 Å². The number of hydrogen-bond donors (Lipinski definition) is 4. The molecule has 0 saturated heterocycles. The lowest BCUT2D eigenvalue weighted by Gasteiger charge is -2.06. The summed E-state index contributed by atoms with van der Waals surface area (Å²) in [5, 5.41) is 6.44. The highest BCUT2D eigenvalue weighted by molar-refractivity contribution is 7.85. The van der Waals surface area contributed by atoms with Gasteiger partial charge in [-0.25, -0.2) is 0 Å². The molecular weight excluding hydrogens is 358 g/mol. The van der Waals surface area contributed by atoms with E-state index in [1.54, 1.807) is 25.3 Å². The molecule has 0 aliphatic carbocycles. The molecule has 0 radical (unpaired) electrons. The highest BCUT2D eigenvalue weighted by atomic mass is 32.2. The standard InChI is InChI=1S/C9H15N5O.C7H8O3S/c1-15-9-4-2-3-8(13-9)12-6-5-7(10)14-11;1-6-2-4-7(5-3-6)11(8,9)10/h2-4H,5-6,11H2,1H3,(H2,10,14)(H,12,13);2-5H,1H3,(H,8,9,10). The normalized spacial score (nSPS) is 11.3. The van der Waals surface area contributed by atoms with Gasteiger partial charge in [0.1, 0.15) is 11.7 Å². The van der Waals surface area contributed by atoms with Crippen LogP contribution in [0.1, 0.15) is 12.0 Å². The third-order valence-electron chi connectivity index (χ3n) is 3.10. The Balaban J connectivity index is 0.000000273. The predicted molar refractivity (Wildman–Crippen MR) is 101 cm³/mol. The monoisotopic (exact) mass is 381 g/mol. The first-order valence-electron chi connectivity index (χ1n) is 7.57. The van der Waals surface area contributed by atoms with Gasteiger partial charge in [0.2, 0.25) is 5.88 Å². The lowest BCUT2D eigenvalue weighted by molar-refractivity contribution is 0.398. The van der Waals surface area contributed by atoms with E-state index in [1.165, 1.54) is 12.1 Å². The van der Waals surface area contributed by atoms with Crippen molar-refractivity contribution in [2.75, 3.05) is 19.0 Å². The first kappa shape index (κ1) is 21.2. The molecule has 10 heteroatoms. The number of nitrogens with one attached hydrogen (secondary N) is 1. The molecule has 9 nitrogen and oxygen atoms in total. The number of anilines is 1. The van der Waals surface area contributed by atoms with Gasteiger partial charge in [0.05, 0.1) is 12.0 Å². The van der Waals surface area contributed by atoms with Crippen molar-refractivity contribution in [3.8, 4) is 5.88 Å². The van der Waals surface area contributed by atoms with Crippen LogP contribution in [-0.4, -0.2) is 37.4 Å². The van der Waals surface area contributed by atoms with Crippen LogP contribution in [0.2, 0.25) is 0 Å². The molecule has 1 aromatic carbocycles. The first-order chi connectivity index (χ1) is 12.3.